The lowest BCUT2D eigenvalue weighted by atomic mass is 10.1. The van der Waals surface area contributed by atoms with E-state index in [9.17, 15) is 4.39 Å². The van der Waals surface area contributed by atoms with Crippen molar-refractivity contribution < 1.29 is 9.13 Å². The van der Waals surface area contributed by atoms with E-state index in [0.29, 0.717) is 12.5 Å². The fourth-order valence-electron chi connectivity index (χ4n) is 2.58. The summed E-state index contributed by atoms with van der Waals surface area (Å²) in [7, 11) is 4.35. The summed E-state index contributed by atoms with van der Waals surface area (Å²) in [5.74, 6) is 1.25. The second-order valence-corrected chi connectivity index (χ2v) is 8.72. The Morgan fingerprint density at radius 2 is 1.80 bits per heavy atom. The summed E-state index contributed by atoms with van der Waals surface area (Å²) in [6.07, 6.45) is 14.8. The van der Waals surface area contributed by atoms with E-state index < -0.39 is 0 Å². The molecule has 0 saturated heterocycles. The van der Waals surface area contributed by atoms with Gasteiger partial charge in [0.2, 0.25) is 0 Å². The molecule has 0 saturated carbocycles. The lowest BCUT2D eigenvalue weighted by Crippen LogP contribution is -2.02. The zero-order valence-electron chi connectivity index (χ0n) is 22.3. The normalized spacial score (nSPS) is 12.1. The second-order valence-electron chi connectivity index (χ2n) is 8.05. The van der Waals surface area contributed by atoms with Crippen LogP contribution in [0.3, 0.4) is 0 Å². The van der Waals surface area contributed by atoms with E-state index in [1.165, 1.54) is 30.5 Å². The highest BCUT2D eigenvalue weighted by atomic mass is 31.0. The number of benzene rings is 2. The predicted octanol–water partition coefficient (Wildman–Crippen LogP) is 8.50. The van der Waals surface area contributed by atoms with Crippen LogP contribution in [0, 0.1) is 11.7 Å². The third-order valence-electron chi connectivity index (χ3n) is 4.92. The van der Waals surface area contributed by atoms with Gasteiger partial charge in [-0.15, -0.1) is 15.8 Å². The van der Waals surface area contributed by atoms with Crippen LogP contribution in [-0.2, 0) is 11.3 Å². The van der Waals surface area contributed by atoms with Gasteiger partial charge in [-0.3, -0.25) is 0 Å². The van der Waals surface area contributed by atoms with E-state index in [-0.39, 0.29) is 5.82 Å². The van der Waals surface area contributed by atoms with Gasteiger partial charge in [0.1, 0.15) is 12.4 Å². The Hall–Kier alpha value is -2.64. The van der Waals surface area contributed by atoms with E-state index in [1.807, 2.05) is 50.4 Å². The lowest BCUT2D eigenvalue weighted by Gasteiger charge is -2.13. The van der Waals surface area contributed by atoms with Crippen molar-refractivity contribution in [3.05, 3.63) is 114 Å². The molecule has 0 heterocycles. The minimum absolute atomic E-state index is 0.183. The Balaban J connectivity index is 0.000000785. The van der Waals surface area contributed by atoms with Crippen LogP contribution in [0.25, 0.3) is 0 Å². The van der Waals surface area contributed by atoms with Crippen LogP contribution in [0.4, 0.5) is 4.39 Å². The third-order valence-corrected chi connectivity index (χ3v) is 5.28. The number of hydrogen-bond acceptors (Lipinski definition) is 2. The molecular formula is C31H45FNOP. The van der Waals surface area contributed by atoms with E-state index in [4.69, 9.17) is 4.74 Å². The molecule has 0 radical (unpaired) electrons. The van der Waals surface area contributed by atoms with E-state index >= 15 is 0 Å². The number of hydrogen-bond donors (Lipinski definition) is 1. The first-order valence-corrected chi connectivity index (χ1v) is 13.0. The highest BCUT2D eigenvalue weighted by molar-refractivity contribution is 7.27. The summed E-state index contributed by atoms with van der Waals surface area (Å²) in [6.45, 7) is 13.0. The van der Waals surface area contributed by atoms with Crippen molar-refractivity contribution in [1.82, 2.24) is 5.32 Å². The summed E-state index contributed by atoms with van der Waals surface area (Å²) in [5, 5.41) is 4.02. The molecule has 0 bridgehead atoms. The lowest BCUT2D eigenvalue weighted by molar-refractivity contribution is 0.183. The minimum Gasteiger partial charge on any atom is -0.494 e. The average molecular weight is 498 g/mol. The van der Waals surface area contributed by atoms with E-state index in [2.05, 4.69) is 72.3 Å². The van der Waals surface area contributed by atoms with Gasteiger partial charge in [0.25, 0.3) is 0 Å². The molecule has 0 aliphatic rings. The van der Waals surface area contributed by atoms with Crippen molar-refractivity contribution in [3.63, 3.8) is 0 Å². The smallest absolute Gasteiger partial charge is 0.123 e. The summed E-state index contributed by atoms with van der Waals surface area (Å²) < 4.78 is 18.2. The monoisotopic (exact) mass is 497 g/mol. The minimum atomic E-state index is -0.183. The molecule has 2 unspecified atom stereocenters. The third kappa shape index (κ3) is 18.4. The van der Waals surface area contributed by atoms with Crippen LogP contribution < -0.4 is 10.6 Å². The van der Waals surface area contributed by atoms with Crippen molar-refractivity contribution in [3.8, 4) is 0 Å². The molecular weight excluding hydrogens is 452 g/mol. The molecule has 0 aliphatic heterocycles. The molecule has 2 rings (SSSR count). The number of ether oxygens (including phenoxy) is 1. The molecule has 0 aromatic heterocycles. The van der Waals surface area contributed by atoms with Crippen LogP contribution in [-0.4, -0.2) is 7.05 Å². The molecule has 192 valence electrons. The zero-order chi connectivity index (χ0) is 26.3. The molecule has 2 aromatic carbocycles. The Morgan fingerprint density at radius 3 is 2.29 bits per heavy atom. The molecule has 2 atom stereocenters. The van der Waals surface area contributed by atoms with Gasteiger partial charge in [-0.2, -0.15) is 0 Å². The van der Waals surface area contributed by atoms with Gasteiger partial charge in [0.05, 0.1) is 5.76 Å². The Kier molecular flexibility index (Phi) is 20.2. The maximum atomic E-state index is 12.2. The van der Waals surface area contributed by atoms with Crippen LogP contribution in [0.2, 0.25) is 0 Å². The average Bonchev–Trinajstić information content (AvgIpc) is 2.88. The Bertz CT molecular complexity index is 871. The number of likely N-dealkylation sites (N-methyl/N-ethyl adjacent to an activating group) is 1. The van der Waals surface area contributed by atoms with Crippen LogP contribution in [0.5, 0.6) is 0 Å². The Labute approximate surface area is 216 Å². The van der Waals surface area contributed by atoms with Gasteiger partial charge in [-0.25, -0.2) is 4.39 Å². The predicted molar refractivity (Wildman–Crippen MR) is 156 cm³/mol. The largest absolute Gasteiger partial charge is 0.494 e. The number of halogens is 1. The van der Waals surface area contributed by atoms with Gasteiger partial charge in [-0.1, -0.05) is 94.3 Å². The summed E-state index contributed by atoms with van der Waals surface area (Å²) in [5.41, 5.74) is 2.30. The fourth-order valence-corrected chi connectivity index (χ4v) is 2.85. The van der Waals surface area contributed by atoms with Crippen molar-refractivity contribution in [2.75, 3.05) is 7.05 Å². The standard InChI is InChI=1S/C21H29NO.C6H6FP.C4H10/c1-5-18(3)16-21(15-11-10-14-20(6-2)22-4)23-17-19-12-8-7-9-13-19;7-5-2-1-3-6(8)4-5;1-3-4-2/h5-10,12-15,18,22H,1,11,16-17H2,2-4H3;1-4H,8H2;3-4H2,1-2H3/b14-10-,20-6+,21-15-;;. The topological polar surface area (TPSA) is 21.3 Å². The highest BCUT2D eigenvalue weighted by Gasteiger charge is 2.04. The molecule has 0 fully saturated rings. The van der Waals surface area contributed by atoms with Crippen molar-refractivity contribution in [2.45, 2.75) is 60.0 Å². The summed E-state index contributed by atoms with van der Waals surface area (Å²) in [6, 6.07) is 16.6. The SMILES string of the molecule is C=CC(C)C/C(=C/C/C=C\C(=C/C)NC)OCc1ccccc1.CCCC.Fc1cccc(P)c1. The van der Waals surface area contributed by atoms with Gasteiger partial charge in [0.15, 0.2) is 0 Å². The van der Waals surface area contributed by atoms with Crippen molar-refractivity contribution in [1.29, 1.82) is 0 Å². The van der Waals surface area contributed by atoms with Crippen LogP contribution in [0.15, 0.2) is 103 Å². The number of unbranched alkanes of at least 4 members (excludes halogenated alkanes) is 1. The van der Waals surface area contributed by atoms with E-state index in [0.717, 1.165) is 29.6 Å². The molecule has 0 amide bonds. The van der Waals surface area contributed by atoms with Crippen LogP contribution in [0.1, 0.15) is 58.9 Å². The van der Waals surface area contributed by atoms with E-state index in [1.54, 1.807) is 6.07 Å². The maximum absolute atomic E-state index is 12.2. The van der Waals surface area contributed by atoms with Gasteiger partial charge in [-0.05, 0) is 54.4 Å². The van der Waals surface area contributed by atoms with Crippen molar-refractivity contribution >= 4 is 14.5 Å². The molecule has 4 heteroatoms. The van der Waals surface area contributed by atoms with Crippen LogP contribution >= 0.6 is 9.24 Å². The van der Waals surface area contributed by atoms with Crippen molar-refractivity contribution in [2.24, 2.45) is 5.92 Å². The molecule has 1 N–H and O–H groups in total. The first kappa shape index (κ1) is 32.4. The number of rotatable bonds is 11. The fraction of sp³-hybridized carbons (Fsp3) is 0.355. The molecule has 0 spiro atoms. The maximum Gasteiger partial charge on any atom is 0.123 e. The quantitative estimate of drug-likeness (QED) is 0.145. The summed E-state index contributed by atoms with van der Waals surface area (Å²) in [4.78, 5) is 0. The number of nitrogens with one attached hydrogen (secondary N) is 1. The highest BCUT2D eigenvalue weighted by Crippen LogP contribution is 2.16. The molecule has 35 heavy (non-hydrogen) atoms. The first-order valence-electron chi connectivity index (χ1n) is 12.4. The Morgan fingerprint density at radius 1 is 1.11 bits per heavy atom. The summed E-state index contributed by atoms with van der Waals surface area (Å²) >= 11 is 0. The zero-order valence-corrected chi connectivity index (χ0v) is 23.4. The molecule has 2 aromatic rings. The van der Waals surface area contributed by atoms with Gasteiger partial charge >= 0.3 is 0 Å². The number of allylic oxidation sites excluding steroid dienone is 6. The van der Waals surface area contributed by atoms with Gasteiger partial charge in [0, 0.05) is 19.2 Å². The first-order chi connectivity index (χ1) is 16.9. The molecule has 0 aliphatic carbocycles. The molecule has 2 nitrogen and oxygen atoms in total. The second kappa shape index (κ2) is 21.9. The van der Waals surface area contributed by atoms with Gasteiger partial charge < -0.3 is 10.1 Å².